The lowest BCUT2D eigenvalue weighted by Gasteiger charge is -2.12. The van der Waals surface area contributed by atoms with Crippen LogP contribution in [0.25, 0.3) is 0 Å². The molecule has 108 valence electrons. The van der Waals surface area contributed by atoms with Gasteiger partial charge in [-0.05, 0) is 17.7 Å². The van der Waals surface area contributed by atoms with Gasteiger partial charge in [-0.2, -0.15) is 0 Å². The summed E-state index contributed by atoms with van der Waals surface area (Å²) >= 11 is 0. The first-order valence-corrected chi connectivity index (χ1v) is 6.22. The maximum absolute atomic E-state index is 12.9. The van der Waals surface area contributed by atoms with Gasteiger partial charge < -0.3 is 0 Å². The van der Waals surface area contributed by atoms with E-state index in [2.05, 4.69) is 9.97 Å². The second-order valence-electron chi connectivity index (χ2n) is 4.48. The molecule has 0 bridgehead atoms. The van der Waals surface area contributed by atoms with Crippen molar-refractivity contribution in [2.75, 3.05) is 6.54 Å². The third kappa shape index (κ3) is 4.13. The molecule has 0 spiro atoms. The van der Waals surface area contributed by atoms with Gasteiger partial charge in [0, 0.05) is 23.7 Å². The van der Waals surface area contributed by atoms with E-state index in [1.54, 1.807) is 0 Å². The van der Waals surface area contributed by atoms with Crippen LogP contribution in [0.1, 0.15) is 28.4 Å². The summed E-state index contributed by atoms with van der Waals surface area (Å²) in [6.07, 6.45) is 4.06. The summed E-state index contributed by atoms with van der Waals surface area (Å²) in [4.78, 5) is 30.0. The zero-order valence-corrected chi connectivity index (χ0v) is 11.0. The summed E-state index contributed by atoms with van der Waals surface area (Å²) in [6.45, 7) is -0.405. The SMILES string of the molecule is O=C(C[C@@H](C[N+](=O)[O-])c1ccc(F)cc1)c1cnccn1. The summed E-state index contributed by atoms with van der Waals surface area (Å²) in [5.74, 6) is -1.40. The first-order chi connectivity index (χ1) is 10.1. The number of rotatable bonds is 6. The molecule has 1 aromatic carbocycles. The van der Waals surface area contributed by atoms with Gasteiger partial charge in [0.25, 0.3) is 0 Å². The predicted molar refractivity (Wildman–Crippen MR) is 72.0 cm³/mol. The topological polar surface area (TPSA) is 86.0 Å². The van der Waals surface area contributed by atoms with Crippen LogP contribution in [0.5, 0.6) is 0 Å². The lowest BCUT2D eigenvalue weighted by molar-refractivity contribution is -0.483. The maximum Gasteiger partial charge on any atom is 0.211 e. The van der Waals surface area contributed by atoms with Crippen molar-refractivity contribution in [2.24, 2.45) is 0 Å². The molecule has 0 radical (unpaired) electrons. The molecule has 6 nitrogen and oxygen atoms in total. The van der Waals surface area contributed by atoms with E-state index in [-0.39, 0.29) is 17.9 Å². The first kappa shape index (κ1) is 14.7. The van der Waals surface area contributed by atoms with Crippen LogP contribution >= 0.6 is 0 Å². The molecule has 1 heterocycles. The Bertz CT molecular complexity index is 632. The van der Waals surface area contributed by atoms with Crippen LogP contribution < -0.4 is 0 Å². The Morgan fingerprint density at radius 3 is 2.57 bits per heavy atom. The third-order valence-electron chi connectivity index (χ3n) is 2.99. The summed E-state index contributed by atoms with van der Waals surface area (Å²) in [5, 5.41) is 10.8. The lowest BCUT2D eigenvalue weighted by Crippen LogP contribution is -2.17. The van der Waals surface area contributed by atoms with Gasteiger partial charge in [-0.3, -0.25) is 19.9 Å². The molecule has 7 heteroatoms. The number of nitrogens with zero attached hydrogens (tertiary/aromatic N) is 3. The largest absolute Gasteiger partial charge is 0.292 e. The van der Waals surface area contributed by atoms with Gasteiger partial charge in [0.1, 0.15) is 11.5 Å². The van der Waals surface area contributed by atoms with Crippen molar-refractivity contribution in [3.8, 4) is 0 Å². The van der Waals surface area contributed by atoms with Crippen molar-refractivity contribution >= 4 is 5.78 Å². The Hall–Kier alpha value is -2.70. The molecule has 0 saturated carbocycles. The number of Topliss-reactive ketones (excluding diaryl/α,β-unsaturated/α-hetero) is 1. The number of benzene rings is 1. The minimum atomic E-state index is -0.630. The van der Waals surface area contributed by atoms with Crippen molar-refractivity contribution in [2.45, 2.75) is 12.3 Å². The highest BCUT2D eigenvalue weighted by atomic mass is 19.1. The molecule has 21 heavy (non-hydrogen) atoms. The minimum absolute atomic E-state index is 0.0781. The van der Waals surface area contributed by atoms with Gasteiger partial charge in [-0.15, -0.1) is 0 Å². The van der Waals surface area contributed by atoms with Gasteiger partial charge in [-0.1, -0.05) is 12.1 Å². The third-order valence-corrected chi connectivity index (χ3v) is 2.99. The van der Waals surface area contributed by atoms with Crippen LogP contribution in [0.2, 0.25) is 0 Å². The molecule has 0 N–H and O–H groups in total. The first-order valence-electron chi connectivity index (χ1n) is 6.22. The van der Waals surface area contributed by atoms with E-state index in [9.17, 15) is 19.3 Å². The molecule has 0 saturated heterocycles. The monoisotopic (exact) mass is 289 g/mol. The Balaban J connectivity index is 2.18. The van der Waals surface area contributed by atoms with Crippen molar-refractivity contribution in [1.29, 1.82) is 0 Å². The number of carbonyl (C=O) groups excluding carboxylic acids is 1. The fraction of sp³-hybridized carbons (Fsp3) is 0.214. The van der Waals surface area contributed by atoms with Crippen molar-refractivity contribution < 1.29 is 14.1 Å². The average molecular weight is 289 g/mol. The summed E-state index contributed by atoms with van der Waals surface area (Å²) in [5.41, 5.74) is 0.707. The van der Waals surface area contributed by atoms with E-state index in [4.69, 9.17) is 0 Å². The number of ketones is 1. The Morgan fingerprint density at radius 2 is 2.00 bits per heavy atom. The minimum Gasteiger partial charge on any atom is -0.292 e. The van der Waals surface area contributed by atoms with Crippen molar-refractivity contribution in [3.63, 3.8) is 0 Å². The number of carbonyl (C=O) groups is 1. The van der Waals surface area contributed by atoms with Crippen LogP contribution in [0.3, 0.4) is 0 Å². The number of halogens is 1. The highest BCUT2D eigenvalue weighted by molar-refractivity contribution is 5.94. The van der Waals surface area contributed by atoms with E-state index in [0.717, 1.165) is 0 Å². The van der Waals surface area contributed by atoms with Crippen LogP contribution in [-0.4, -0.2) is 27.2 Å². The quantitative estimate of drug-likeness (QED) is 0.462. The second-order valence-corrected chi connectivity index (χ2v) is 4.48. The summed E-state index contributed by atoms with van der Waals surface area (Å²) < 4.78 is 12.9. The fourth-order valence-electron chi connectivity index (χ4n) is 1.97. The predicted octanol–water partition coefficient (Wildman–Crippen LogP) is 2.25. The van der Waals surface area contributed by atoms with Crippen LogP contribution in [0.15, 0.2) is 42.9 Å². The molecule has 0 aliphatic heterocycles. The van der Waals surface area contributed by atoms with Crippen molar-refractivity contribution in [3.05, 3.63) is 70.0 Å². The Morgan fingerprint density at radius 1 is 1.29 bits per heavy atom. The van der Waals surface area contributed by atoms with Gasteiger partial charge in [-0.25, -0.2) is 9.37 Å². The molecule has 0 amide bonds. The second kappa shape index (κ2) is 6.65. The Kier molecular flexibility index (Phi) is 4.65. The van der Waals surface area contributed by atoms with Crippen molar-refractivity contribution in [1.82, 2.24) is 9.97 Å². The molecule has 2 rings (SSSR count). The van der Waals surface area contributed by atoms with Crippen LogP contribution in [-0.2, 0) is 0 Å². The van der Waals surface area contributed by atoms with Gasteiger partial charge in [0.05, 0.1) is 12.1 Å². The summed E-state index contributed by atoms with van der Waals surface area (Å²) in [6, 6.07) is 5.34. The lowest BCUT2D eigenvalue weighted by atomic mass is 9.93. The van der Waals surface area contributed by atoms with E-state index in [1.807, 2.05) is 0 Å². The number of hydrogen-bond acceptors (Lipinski definition) is 5. The number of hydrogen-bond donors (Lipinski definition) is 0. The van der Waals surface area contributed by atoms with E-state index >= 15 is 0 Å². The smallest absolute Gasteiger partial charge is 0.211 e. The van der Waals surface area contributed by atoms with E-state index in [1.165, 1.54) is 42.9 Å². The molecule has 0 fully saturated rings. The fourth-order valence-corrected chi connectivity index (χ4v) is 1.97. The highest BCUT2D eigenvalue weighted by Crippen LogP contribution is 2.22. The molecular weight excluding hydrogens is 277 g/mol. The normalized spacial score (nSPS) is 11.9. The molecule has 0 aliphatic carbocycles. The molecule has 1 atom stereocenters. The summed E-state index contributed by atoms with van der Waals surface area (Å²) in [7, 11) is 0. The number of nitro groups is 1. The van der Waals surface area contributed by atoms with Gasteiger partial charge >= 0.3 is 0 Å². The standard InChI is InChI=1S/C14H12FN3O3/c15-12-3-1-10(2-4-12)11(9-18(20)21)7-14(19)13-8-16-5-6-17-13/h1-6,8,11H,7,9H2/t11-/m0/s1. The molecule has 2 aromatic rings. The van der Waals surface area contributed by atoms with Gasteiger partial charge in [0.15, 0.2) is 5.78 Å². The van der Waals surface area contributed by atoms with Crippen LogP contribution in [0.4, 0.5) is 4.39 Å². The maximum atomic E-state index is 12.9. The average Bonchev–Trinajstić information content (AvgIpc) is 2.48. The Labute approximate surface area is 119 Å². The number of aromatic nitrogens is 2. The zero-order valence-electron chi connectivity index (χ0n) is 11.0. The highest BCUT2D eigenvalue weighted by Gasteiger charge is 2.23. The molecule has 1 aromatic heterocycles. The molecule has 0 aliphatic rings. The van der Waals surface area contributed by atoms with Gasteiger partial charge in [0.2, 0.25) is 6.54 Å². The van der Waals surface area contributed by atoms with E-state index < -0.39 is 23.2 Å². The molecular formula is C14H12FN3O3. The van der Waals surface area contributed by atoms with Crippen LogP contribution in [0, 0.1) is 15.9 Å². The molecule has 0 unspecified atom stereocenters. The zero-order chi connectivity index (χ0) is 15.2. The van der Waals surface area contributed by atoms with E-state index in [0.29, 0.717) is 5.56 Å².